The van der Waals surface area contributed by atoms with E-state index in [0.717, 1.165) is 19.6 Å². The number of rotatable bonds is 2. The summed E-state index contributed by atoms with van der Waals surface area (Å²) < 4.78 is 0. The van der Waals surface area contributed by atoms with Gasteiger partial charge < -0.3 is 5.32 Å². The predicted molar refractivity (Wildman–Crippen MR) is 70.5 cm³/mol. The molecule has 0 unspecified atom stereocenters. The number of nitrogens with one attached hydrogen (secondary N) is 1. The Morgan fingerprint density at radius 1 is 1.18 bits per heavy atom. The summed E-state index contributed by atoms with van der Waals surface area (Å²) in [4.78, 5) is 2.51. The molecule has 0 radical (unpaired) electrons. The van der Waals surface area contributed by atoms with Gasteiger partial charge in [-0.3, -0.25) is 4.90 Å². The van der Waals surface area contributed by atoms with Gasteiger partial charge in [0.2, 0.25) is 0 Å². The van der Waals surface area contributed by atoms with E-state index in [1.807, 2.05) is 0 Å². The molecule has 2 heterocycles. The highest BCUT2D eigenvalue weighted by atomic mass is 15.1. The van der Waals surface area contributed by atoms with Crippen molar-refractivity contribution in [3.05, 3.63) is 59.3 Å². The molecule has 0 bridgehead atoms. The SMILES string of the molecule is C1=CC2=C(CN(Cc3ccccc3)CC2)NC1. The molecule has 2 aliphatic rings. The van der Waals surface area contributed by atoms with Gasteiger partial charge in [-0.15, -0.1) is 0 Å². The first-order valence-corrected chi connectivity index (χ1v) is 6.30. The highest BCUT2D eigenvalue weighted by Crippen LogP contribution is 2.20. The number of benzene rings is 1. The van der Waals surface area contributed by atoms with Gasteiger partial charge in [0, 0.05) is 31.9 Å². The molecular formula is C15H18N2. The van der Waals surface area contributed by atoms with E-state index in [4.69, 9.17) is 0 Å². The van der Waals surface area contributed by atoms with Crippen molar-refractivity contribution in [2.75, 3.05) is 19.6 Å². The quantitative estimate of drug-likeness (QED) is 0.832. The minimum absolute atomic E-state index is 0.984. The molecule has 1 N–H and O–H groups in total. The second-order valence-corrected chi connectivity index (χ2v) is 4.73. The second kappa shape index (κ2) is 4.76. The van der Waals surface area contributed by atoms with Gasteiger partial charge in [0.05, 0.1) is 0 Å². The van der Waals surface area contributed by atoms with Crippen LogP contribution in [0.5, 0.6) is 0 Å². The molecule has 0 fully saturated rings. The van der Waals surface area contributed by atoms with Gasteiger partial charge in [0.1, 0.15) is 0 Å². The summed E-state index contributed by atoms with van der Waals surface area (Å²) in [6, 6.07) is 10.7. The summed E-state index contributed by atoms with van der Waals surface area (Å²) in [7, 11) is 0. The maximum absolute atomic E-state index is 3.49. The first-order valence-electron chi connectivity index (χ1n) is 6.30. The van der Waals surface area contributed by atoms with Crippen LogP contribution < -0.4 is 5.32 Å². The third kappa shape index (κ3) is 2.42. The molecular weight excluding hydrogens is 208 g/mol. The van der Waals surface area contributed by atoms with Gasteiger partial charge in [-0.1, -0.05) is 42.5 Å². The maximum Gasteiger partial charge on any atom is 0.0388 e. The van der Waals surface area contributed by atoms with Crippen molar-refractivity contribution in [2.45, 2.75) is 13.0 Å². The van der Waals surface area contributed by atoms with E-state index in [2.05, 4.69) is 52.7 Å². The van der Waals surface area contributed by atoms with E-state index < -0.39 is 0 Å². The molecule has 3 rings (SSSR count). The van der Waals surface area contributed by atoms with Gasteiger partial charge in [-0.05, 0) is 17.6 Å². The van der Waals surface area contributed by atoms with Gasteiger partial charge in [0.15, 0.2) is 0 Å². The molecule has 0 aromatic heterocycles. The number of dihydropyridines is 1. The Hall–Kier alpha value is -1.54. The van der Waals surface area contributed by atoms with Crippen LogP contribution in [0.4, 0.5) is 0 Å². The van der Waals surface area contributed by atoms with Crippen LogP contribution in [0.3, 0.4) is 0 Å². The molecule has 0 spiro atoms. The third-order valence-electron chi connectivity index (χ3n) is 3.47. The fourth-order valence-corrected chi connectivity index (χ4v) is 2.55. The summed E-state index contributed by atoms with van der Waals surface area (Å²) in [5, 5.41) is 3.49. The van der Waals surface area contributed by atoms with Gasteiger partial charge >= 0.3 is 0 Å². The predicted octanol–water partition coefficient (Wildman–Crippen LogP) is 2.31. The molecule has 0 atom stereocenters. The Morgan fingerprint density at radius 3 is 2.94 bits per heavy atom. The smallest absolute Gasteiger partial charge is 0.0388 e. The Morgan fingerprint density at radius 2 is 2.06 bits per heavy atom. The molecule has 88 valence electrons. The average molecular weight is 226 g/mol. The van der Waals surface area contributed by atoms with Crippen molar-refractivity contribution in [3.63, 3.8) is 0 Å². The zero-order valence-electron chi connectivity index (χ0n) is 10.0. The van der Waals surface area contributed by atoms with E-state index in [1.165, 1.54) is 29.8 Å². The fraction of sp³-hybridized carbons (Fsp3) is 0.333. The van der Waals surface area contributed by atoms with Crippen LogP contribution in [0.1, 0.15) is 12.0 Å². The zero-order valence-corrected chi connectivity index (χ0v) is 10.0. The standard InChI is InChI=1S/C15H18N2/c1-2-5-13(6-3-1)11-17-10-8-14-7-4-9-16-15(14)12-17/h1-7,16H,8-12H2. The lowest BCUT2D eigenvalue weighted by atomic mass is 10.0. The monoisotopic (exact) mass is 226 g/mol. The summed E-state index contributed by atoms with van der Waals surface area (Å²) >= 11 is 0. The van der Waals surface area contributed by atoms with Crippen molar-refractivity contribution < 1.29 is 0 Å². The maximum atomic E-state index is 3.49. The molecule has 2 aliphatic heterocycles. The number of hydrogen-bond donors (Lipinski definition) is 1. The first-order chi connectivity index (χ1) is 8.42. The Balaban J connectivity index is 1.68. The topological polar surface area (TPSA) is 15.3 Å². The second-order valence-electron chi connectivity index (χ2n) is 4.73. The molecule has 1 aromatic rings. The van der Waals surface area contributed by atoms with Gasteiger partial charge in [-0.2, -0.15) is 0 Å². The Kier molecular flexibility index (Phi) is 2.97. The van der Waals surface area contributed by atoms with Crippen molar-refractivity contribution >= 4 is 0 Å². The normalized spacial score (nSPS) is 20.0. The lowest BCUT2D eigenvalue weighted by Crippen LogP contribution is -2.37. The highest BCUT2D eigenvalue weighted by molar-refractivity contribution is 5.31. The Labute approximate surface area is 103 Å². The van der Waals surface area contributed by atoms with Crippen LogP contribution in [0.2, 0.25) is 0 Å². The van der Waals surface area contributed by atoms with Crippen LogP contribution in [0.25, 0.3) is 0 Å². The van der Waals surface area contributed by atoms with Crippen molar-refractivity contribution in [1.29, 1.82) is 0 Å². The summed E-state index contributed by atoms with van der Waals surface area (Å²) in [5.41, 5.74) is 4.33. The van der Waals surface area contributed by atoms with E-state index >= 15 is 0 Å². The molecule has 0 saturated carbocycles. The molecule has 1 aromatic carbocycles. The zero-order chi connectivity index (χ0) is 11.5. The van der Waals surface area contributed by atoms with Crippen LogP contribution in [0, 0.1) is 0 Å². The lowest BCUT2D eigenvalue weighted by molar-refractivity contribution is 0.271. The van der Waals surface area contributed by atoms with Gasteiger partial charge in [-0.25, -0.2) is 0 Å². The van der Waals surface area contributed by atoms with Gasteiger partial charge in [0.25, 0.3) is 0 Å². The molecule has 17 heavy (non-hydrogen) atoms. The molecule has 0 saturated heterocycles. The van der Waals surface area contributed by atoms with Crippen LogP contribution in [0.15, 0.2) is 53.8 Å². The Bertz CT molecular complexity index is 445. The number of hydrogen-bond acceptors (Lipinski definition) is 2. The summed E-state index contributed by atoms with van der Waals surface area (Å²) in [6.07, 6.45) is 5.67. The summed E-state index contributed by atoms with van der Waals surface area (Å²) in [6.45, 7) is 4.27. The van der Waals surface area contributed by atoms with E-state index in [-0.39, 0.29) is 0 Å². The molecule has 2 heteroatoms. The minimum Gasteiger partial charge on any atom is -0.384 e. The van der Waals surface area contributed by atoms with Crippen LogP contribution >= 0.6 is 0 Å². The van der Waals surface area contributed by atoms with Crippen molar-refractivity contribution in [1.82, 2.24) is 10.2 Å². The minimum atomic E-state index is 0.984. The molecule has 2 nitrogen and oxygen atoms in total. The van der Waals surface area contributed by atoms with Crippen molar-refractivity contribution in [3.8, 4) is 0 Å². The summed E-state index contributed by atoms with van der Waals surface area (Å²) in [5.74, 6) is 0. The van der Waals surface area contributed by atoms with Crippen LogP contribution in [-0.4, -0.2) is 24.5 Å². The van der Waals surface area contributed by atoms with Crippen LogP contribution in [-0.2, 0) is 6.54 Å². The highest BCUT2D eigenvalue weighted by Gasteiger charge is 2.18. The number of nitrogens with zero attached hydrogens (tertiary/aromatic N) is 1. The first kappa shape index (κ1) is 10.6. The fourth-order valence-electron chi connectivity index (χ4n) is 2.55. The van der Waals surface area contributed by atoms with Crippen molar-refractivity contribution in [2.24, 2.45) is 0 Å². The molecule has 0 aliphatic carbocycles. The third-order valence-corrected chi connectivity index (χ3v) is 3.47. The van der Waals surface area contributed by atoms with E-state index in [9.17, 15) is 0 Å². The largest absolute Gasteiger partial charge is 0.384 e. The van der Waals surface area contributed by atoms with E-state index in [1.54, 1.807) is 0 Å². The average Bonchev–Trinajstić information content (AvgIpc) is 2.40. The number of allylic oxidation sites excluding steroid dienone is 1. The lowest BCUT2D eigenvalue weighted by Gasteiger charge is -2.32. The van der Waals surface area contributed by atoms with E-state index in [0.29, 0.717) is 0 Å². The molecule has 0 amide bonds.